The van der Waals surface area contributed by atoms with Crippen LogP contribution < -0.4 is 11.2 Å². The van der Waals surface area contributed by atoms with Crippen molar-refractivity contribution in [3.05, 3.63) is 30.0 Å². The number of primary amides is 1. The van der Waals surface area contributed by atoms with Gasteiger partial charge in [-0.15, -0.1) is 0 Å². The monoisotopic (exact) mass is 303 g/mol. The number of benzene rings is 1. The summed E-state index contributed by atoms with van der Waals surface area (Å²) in [4.78, 5) is 22.6. The van der Waals surface area contributed by atoms with Crippen molar-refractivity contribution in [1.29, 1.82) is 0 Å². The maximum Gasteiger partial charge on any atom is 0.435 e. The minimum absolute atomic E-state index is 0.542. The fraction of sp³-hybridized carbons (Fsp3) is 0.286. The van der Waals surface area contributed by atoms with Crippen molar-refractivity contribution >= 4 is 29.2 Å². The second-order valence-electron chi connectivity index (χ2n) is 5.59. The molecule has 1 heterocycles. The van der Waals surface area contributed by atoms with Gasteiger partial charge in [0.05, 0.1) is 17.9 Å². The van der Waals surface area contributed by atoms with Gasteiger partial charge in [-0.25, -0.2) is 15.0 Å². The molecule has 0 spiro atoms. The summed E-state index contributed by atoms with van der Waals surface area (Å²) in [5.74, 6) is 0. The number of hydrogen-bond donors (Lipinski definition) is 2. The Morgan fingerprint density at radius 3 is 2.77 bits per heavy atom. The van der Waals surface area contributed by atoms with E-state index in [0.717, 1.165) is 10.9 Å². The van der Waals surface area contributed by atoms with Crippen LogP contribution >= 0.6 is 0 Å². The minimum Gasteiger partial charge on any atom is -0.442 e. The molecular weight excluding hydrogens is 286 g/mol. The number of rotatable bonds is 2. The number of fused-ring (bicyclic) bond motifs is 1. The van der Waals surface area contributed by atoms with Crippen LogP contribution in [-0.4, -0.2) is 33.7 Å². The Hall–Kier alpha value is -2.90. The fourth-order valence-electron chi connectivity index (χ4n) is 1.75. The molecule has 2 amide bonds. The summed E-state index contributed by atoms with van der Waals surface area (Å²) in [6.45, 7) is 5.37. The molecule has 1 aromatic heterocycles. The molecule has 3 N–H and O–H groups in total. The predicted molar refractivity (Wildman–Crippen MR) is 81.7 cm³/mol. The first kappa shape index (κ1) is 15.5. The van der Waals surface area contributed by atoms with E-state index in [1.807, 2.05) is 0 Å². The number of nitrogens with one attached hydrogen (secondary N) is 1. The number of amides is 2. The van der Waals surface area contributed by atoms with E-state index in [0.29, 0.717) is 5.52 Å². The molecular formula is C14H17N5O3. The van der Waals surface area contributed by atoms with Crippen LogP contribution in [0, 0.1) is 0 Å². The van der Waals surface area contributed by atoms with Gasteiger partial charge in [0.2, 0.25) is 0 Å². The Morgan fingerprint density at radius 2 is 2.14 bits per heavy atom. The minimum atomic E-state index is -0.741. The third kappa shape index (κ3) is 3.81. The van der Waals surface area contributed by atoms with Gasteiger partial charge in [-0.05, 0) is 38.5 Å². The van der Waals surface area contributed by atoms with Gasteiger partial charge < -0.3 is 10.5 Å². The van der Waals surface area contributed by atoms with Crippen LogP contribution in [0.15, 0.2) is 29.5 Å². The van der Waals surface area contributed by atoms with E-state index in [9.17, 15) is 9.59 Å². The maximum atomic E-state index is 12.1. The molecule has 0 atom stereocenters. The fourth-order valence-corrected chi connectivity index (χ4v) is 1.75. The highest BCUT2D eigenvalue weighted by atomic mass is 16.6. The number of ether oxygens (including phenoxy) is 1. The Labute approximate surface area is 126 Å². The molecule has 0 bridgehead atoms. The number of nitrogens with two attached hydrogens (primary N) is 1. The second kappa shape index (κ2) is 5.84. The zero-order valence-corrected chi connectivity index (χ0v) is 12.5. The summed E-state index contributed by atoms with van der Waals surface area (Å²) in [6, 6.07) is 4.49. The molecule has 8 heteroatoms. The lowest BCUT2D eigenvalue weighted by Crippen LogP contribution is -2.27. The van der Waals surface area contributed by atoms with Gasteiger partial charge >= 0.3 is 12.1 Å². The van der Waals surface area contributed by atoms with Crippen molar-refractivity contribution in [2.45, 2.75) is 26.4 Å². The van der Waals surface area contributed by atoms with Gasteiger partial charge in [0.15, 0.2) is 0 Å². The summed E-state index contributed by atoms with van der Waals surface area (Å²) >= 11 is 0. The molecule has 2 rings (SSSR count). The Balaban J connectivity index is 2.25. The summed E-state index contributed by atoms with van der Waals surface area (Å²) in [5, 5.41) is 8.45. The molecule has 1 aromatic carbocycles. The van der Waals surface area contributed by atoms with Gasteiger partial charge in [-0.1, -0.05) is 6.07 Å². The van der Waals surface area contributed by atoms with E-state index in [-0.39, 0.29) is 0 Å². The van der Waals surface area contributed by atoms with Gasteiger partial charge in [0.25, 0.3) is 0 Å². The van der Waals surface area contributed by atoms with E-state index in [1.165, 1.54) is 10.9 Å². The highest BCUT2D eigenvalue weighted by Crippen LogP contribution is 2.17. The number of urea groups is 1. The van der Waals surface area contributed by atoms with Gasteiger partial charge in [0.1, 0.15) is 5.60 Å². The van der Waals surface area contributed by atoms with Crippen LogP contribution in [0.25, 0.3) is 10.9 Å². The van der Waals surface area contributed by atoms with E-state index < -0.39 is 17.7 Å². The summed E-state index contributed by atoms with van der Waals surface area (Å²) in [7, 11) is 0. The van der Waals surface area contributed by atoms with Crippen molar-refractivity contribution < 1.29 is 14.3 Å². The average molecular weight is 303 g/mol. The van der Waals surface area contributed by atoms with Crippen LogP contribution in [0.4, 0.5) is 9.59 Å². The number of nitrogens with zero attached hydrogens (tertiary/aromatic N) is 3. The van der Waals surface area contributed by atoms with Crippen molar-refractivity contribution in [2.75, 3.05) is 0 Å². The molecule has 2 aromatic rings. The lowest BCUT2D eigenvalue weighted by Gasteiger charge is -2.19. The Kier molecular flexibility index (Phi) is 4.11. The first-order chi connectivity index (χ1) is 10.3. The van der Waals surface area contributed by atoms with Crippen LogP contribution in [0.3, 0.4) is 0 Å². The smallest absolute Gasteiger partial charge is 0.435 e. The van der Waals surface area contributed by atoms with E-state index in [1.54, 1.807) is 45.2 Å². The standard InChI is InChI=1S/C14H17N5O3/c1-14(2,3)22-13(21)19-11-5-4-9(6-10(11)8-17-19)7-16-18-12(15)20/h4-8H,1-3H3,(H3,15,18,20). The lowest BCUT2D eigenvalue weighted by molar-refractivity contribution is 0.0522. The maximum absolute atomic E-state index is 12.1. The Bertz CT molecular complexity index is 743. The SMILES string of the molecule is CC(C)(C)OC(=O)n1ncc2cc(C=NNC(N)=O)ccc21. The topological polar surface area (TPSA) is 112 Å². The van der Waals surface area contributed by atoms with Crippen molar-refractivity contribution in [2.24, 2.45) is 10.8 Å². The number of hydrazone groups is 1. The second-order valence-corrected chi connectivity index (χ2v) is 5.59. The van der Waals surface area contributed by atoms with Crippen LogP contribution in [0.2, 0.25) is 0 Å². The zero-order valence-electron chi connectivity index (χ0n) is 12.5. The van der Waals surface area contributed by atoms with Gasteiger partial charge in [-0.3, -0.25) is 0 Å². The Morgan fingerprint density at radius 1 is 1.41 bits per heavy atom. The number of carbonyl (C=O) groups is 2. The molecule has 0 unspecified atom stereocenters. The van der Waals surface area contributed by atoms with Gasteiger partial charge in [0, 0.05) is 5.39 Å². The van der Waals surface area contributed by atoms with E-state index >= 15 is 0 Å². The third-order valence-electron chi connectivity index (χ3n) is 2.55. The summed E-state index contributed by atoms with van der Waals surface area (Å²) < 4.78 is 6.48. The first-order valence-corrected chi connectivity index (χ1v) is 6.56. The van der Waals surface area contributed by atoms with Crippen LogP contribution in [-0.2, 0) is 4.74 Å². The highest BCUT2D eigenvalue weighted by molar-refractivity contribution is 5.92. The van der Waals surface area contributed by atoms with Crippen molar-refractivity contribution in [1.82, 2.24) is 15.2 Å². The molecule has 0 saturated heterocycles. The molecule has 116 valence electrons. The van der Waals surface area contributed by atoms with Crippen LogP contribution in [0.5, 0.6) is 0 Å². The van der Waals surface area contributed by atoms with E-state index in [4.69, 9.17) is 10.5 Å². The molecule has 0 fully saturated rings. The third-order valence-corrected chi connectivity index (χ3v) is 2.55. The predicted octanol–water partition coefficient (Wildman–Crippen LogP) is 1.82. The van der Waals surface area contributed by atoms with E-state index in [2.05, 4.69) is 15.6 Å². The van der Waals surface area contributed by atoms with Crippen molar-refractivity contribution in [3.63, 3.8) is 0 Å². The lowest BCUT2D eigenvalue weighted by atomic mass is 10.2. The number of hydrogen-bond acceptors (Lipinski definition) is 5. The number of carbonyl (C=O) groups excluding carboxylic acids is 2. The largest absolute Gasteiger partial charge is 0.442 e. The molecule has 0 aliphatic heterocycles. The summed E-state index contributed by atoms with van der Waals surface area (Å²) in [6.07, 6.45) is 2.45. The summed E-state index contributed by atoms with van der Waals surface area (Å²) in [5.41, 5.74) is 7.76. The van der Waals surface area contributed by atoms with Gasteiger partial charge in [-0.2, -0.15) is 14.9 Å². The quantitative estimate of drug-likeness (QED) is 0.651. The molecule has 22 heavy (non-hydrogen) atoms. The van der Waals surface area contributed by atoms with Crippen molar-refractivity contribution in [3.8, 4) is 0 Å². The molecule has 8 nitrogen and oxygen atoms in total. The first-order valence-electron chi connectivity index (χ1n) is 6.56. The molecule has 0 radical (unpaired) electrons. The average Bonchev–Trinajstić information content (AvgIpc) is 2.79. The number of aromatic nitrogens is 2. The molecule has 0 aliphatic rings. The molecule has 0 aliphatic carbocycles. The van der Waals surface area contributed by atoms with Crippen LogP contribution in [0.1, 0.15) is 26.3 Å². The normalized spacial score (nSPS) is 11.8. The zero-order chi connectivity index (χ0) is 16.3. The molecule has 0 saturated carbocycles. The highest BCUT2D eigenvalue weighted by Gasteiger charge is 2.19.